The number of alkyl halides is 2. The minimum atomic E-state index is -4.36. The number of aromatic nitrogens is 1. The third-order valence-electron chi connectivity index (χ3n) is 1.67. The summed E-state index contributed by atoms with van der Waals surface area (Å²) < 4.78 is 46.7. The highest BCUT2D eigenvalue weighted by Gasteiger charge is 2.24. The van der Waals surface area contributed by atoms with Crippen molar-refractivity contribution in [3.8, 4) is 0 Å². The van der Waals surface area contributed by atoms with Crippen LogP contribution in [0.3, 0.4) is 0 Å². The third kappa shape index (κ3) is 2.39. The van der Waals surface area contributed by atoms with E-state index in [0.29, 0.717) is 0 Å². The largest absolute Gasteiger partial charge is 0.348 e. The number of aryl methyl sites for hydroxylation is 1. The first-order chi connectivity index (χ1) is 6.73. The minimum absolute atomic E-state index is 0.147. The van der Waals surface area contributed by atoms with E-state index < -0.39 is 32.5 Å². The summed E-state index contributed by atoms with van der Waals surface area (Å²) in [6, 6.07) is 0.885. The summed E-state index contributed by atoms with van der Waals surface area (Å²) in [6.45, 7) is 1.37. The van der Waals surface area contributed by atoms with Crippen LogP contribution in [0.1, 0.15) is 17.7 Å². The zero-order chi connectivity index (χ0) is 11.8. The maximum atomic E-state index is 12.4. The van der Waals surface area contributed by atoms with E-state index in [4.69, 9.17) is 5.14 Å². The molecule has 8 heteroatoms. The molecule has 3 N–H and O–H groups in total. The van der Waals surface area contributed by atoms with Gasteiger partial charge in [-0.05, 0) is 6.92 Å². The number of rotatable bonds is 2. The molecule has 1 aromatic rings. The van der Waals surface area contributed by atoms with Gasteiger partial charge in [-0.25, -0.2) is 22.3 Å². The fraction of sp³-hybridized carbons (Fsp3) is 0.286. The molecule has 1 aromatic heterocycles. The Hall–Kier alpha value is -1.28. The number of H-pyrrole nitrogens is 1. The molecule has 0 saturated heterocycles. The van der Waals surface area contributed by atoms with Crippen molar-refractivity contribution in [1.29, 1.82) is 0 Å². The molecule has 15 heavy (non-hydrogen) atoms. The van der Waals surface area contributed by atoms with E-state index >= 15 is 0 Å². The van der Waals surface area contributed by atoms with Gasteiger partial charge >= 0.3 is 0 Å². The van der Waals surface area contributed by atoms with Gasteiger partial charge in [0.15, 0.2) is 10.5 Å². The highest BCUT2D eigenvalue weighted by molar-refractivity contribution is 7.89. The van der Waals surface area contributed by atoms with Crippen LogP contribution in [0.2, 0.25) is 0 Å². The second-order valence-corrected chi connectivity index (χ2v) is 4.40. The Kier molecular flexibility index (Phi) is 2.91. The maximum Gasteiger partial charge on any atom is 0.270 e. The predicted molar refractivity (Wildman–Crippen MR) is 48.1 cm³/mol. The van der Waals surface area contributed by atoms with Gasteiger partial charge in [-0.15, -0.1) is 0 Å². The van der Waals surface area contributed by atoms with Crippen LogP contribution in [0.5, 0.6) is 0 Å². The van der Waals surface area contributed by atoms with Crippen LogP contribution < -0.4 is 10.6 Å². The van der Waals surface area contributed by atoms with E-state index in [1.807, 2.05) is 0 Å². The number of hydrogen-bond acceptors (Lipinski definition) is 3. The van der Waals surface area contributed by atoms with E-state index in [1.54, 1.807) is 0 Å². The highest BCUT2D eigenvalue weighted by Crippen LogP contribution is 2.20. The number of halogens is 2. The molecule has 0 aromatic carbocycles. The Morgan fingerprint density at radius 2 is 2.00 bits per heavy atom. The van der Waals surface area contributed by atoms with E-state index in [0.717, 1.165) is 6.07 Å². The lowest BCUT2D eigenvalue weighted by molar-refractivity contribution is 0.145. The van der Waals surface area contributed by atoms with Crippen LogP contribution in [0.4, 0.5) is 8.78 Å². The van der Waals surface area contributed by atoms with Crippen molar-refractivity contribution in [3.05, 3.63) is 27.5 Å². The molecule has 84 valence electrons. The first-order valence-corrected chi connectivity index (χ1v) is 5.33. The van der Waals surface area contributed by atoms with Crippen LogP contribution in [-0.4, -0.2) is 13.4 Å². The molecule has 0 aliphatic carbocycles. The summed E-state index contributed by atoms with van der Waals surface area (Å²) in [7, 11) is -4.36. The van der Waals surface area contributed by atoms with Gasteiger partial charge in [0.1, 0.15) is 5.56 Å². The van der Waals surface area contributed by atoms with Gasteiger partial charge in [0, 0.05) is 11.8 Å². The molecule has 1 heterocycles. The molecule has 0 fully saturated rings. The maximum absolute atomic E-state index is 12.4. The molecule has 0 spiro atoms. The van der Waals surface area contributed by atoms with E-state index in [1.165, 1.54) is 6.92 Å². The van der Waals surface area contributed by atoms with Crippen LogP contribution in [0.15, 0.2) is 15.9 Å². The molecule has 0 bridgehead atoms. The number of pyridine rings is 1. The lowest BCUT2D eigenvalue weighted by atomic mass is 10.2. The summed E-state index contributed by atoms with van der Waals surface area (Å²) in [5.41, 5.74) is -2.03. The Morgan fingerprint density at radius 3 is 2.40 bits per heavy atom. The smallest absolute Gasteiger partial charge is 0.270 e. The molecule has 0 atom stereocenters. The first-order valence-electron chi connectivity index (χ1n) is 3.78. The lowest BCUT2D eigenvalue weighted by Crippen LogP contribution is -2.23. The second-order valence-electron chi connectivity index (χ2n) is 2.91. The molecule has 0 unspecified atom stereocenters. The van der Waals surface area contributed by atoms with Crippen molar-refractivity contribution in [2.45, 2.75) is 18.4 Å². The molecule has 1 rings (SSSR count). The SMILES string of the molecule is Cc1cc(=O)c(C(F)F)c(S(N)(=O)=O)[nH]1. The highest BCUT2D eigenvalue weighted by atomic mass is 32.2. The molecule has 0 radical (unpaired) electrons. The molecule has 0 aliphatic heterocycles. The molecule has 0 amide bonds. The normalized spacial score (nSPS) is 12.1. The Morgan fingerprint density at radius 1 is 1.47 bits per heavy atom. The van der Waals surface area contributed by atoms with Crippen molar-refractivity contribution < 1.29 is 17.2 Å². The van der Waals surface area contributed by atoms with Crippen LogP contribution >= 0.6 is 0 Å². The summed E-state index contributed by atoms with van der Waals surface area (Å²) in [6.07, 6.45) is -3.19. The van der Waals surface area contributed by atoms with Crippen molar-refractivity contribution in [1.82, 2.24) is 4.98 Å². The van der Waals surface area contributed by atoms with Crippen molar-refractivity contribution in [2.75, 3.05) is 0 Å². The average molecular weight is 238 g/mol. The van der Waals surface area contributed by atoms with Gasteiger partial charge in [0.25, 0.3) is 16.4 Å². The fourth-order valence-electron chi connectivity index (χ4n) is 1.10. The Balaban J connectivity index is 3.70. The van der Waals surface area contributed by atoms with Gasteiger partial charge < -0.3 is 4.98 Å². The van der Waals surface area contributed by atoms with Gasteiger partial charge in [-0.2, -0.15) is 0 Å². The minimum Gasteiger partial charge on any atom is -0.348 e. The lowest BCUT2D eigenvalue weighted by Gasteiger charge is -2.06. The second kappa shape index (κ2) is 3.70. The van der Waals surface area contributed by atoms with E-state index in [9.17, 15) is 22.0 Å². The number of nitrogens with two attached hydrogens (primary N) is 1. The first kappa shape index (κ1) is 11.8. The van der Waals surface area contributed by atoms with Gasteiger partial charge in [0.05, 0.1) is 0 Å². The average Bonchev–Trinajstić information content (AvgIpc) is 1.99. The van der Waals surface area contributed by atoms with Crippen molar-refractivity contribution in [2.24, 2.45) is 5.14 Å². The summed E-state index contributed by atoms with van der Waals surface area (Å²) in [5, 5.41) is 3.77. The number of primary sulfonamides is 1. The summed E-state index contributed by atoms with van der Waals surface area (Å²) >= 11 is 0. The Labute approximate surface area is 84.0 Å². The van der Waals surface area contributed by atoms with Gasteiger partial charge in [0.2, 0.25) is 0 Å². The zero-order valence-electron chi connectivity index (χ0n) is 7.62. The number of sulfonamides is 1. The summed E-state index contributed by atoms with van der Waals surface area (Å²) in [5.74, 6) is 0. The number of hydrogen-bond donors (Lipinski definition) is 2. The van der Waals surface area contributed by atoms with Crippen molar-refractivity contribution in [3.63, 3.8) is 0 Å². The number of aromatic amines is 1. The van der Waals surface area contributed by atoms with Crippen LogP contribution in [-0.2, 0) is 10.0 Å². The Bertz CT molecular complexity index is 536. The zero-order valence-corrected chi connectivity index (χ0v) is 8.44. The summed E-state index contributed by atoms with van der Waals surface area (Å²) in [4.78, 5) is 13.3. The number of nitrogens with one attached hydrogen (secondary N) is 1. The molecular weight excluding hydrogens is 230 g/mol. The molecular formula is C7H8F2N2O3S. The van der Waals surface area contributed by atoms with E-state index in [-0.39, 0.29) is 5.69 Å². The quantitative estimate of drug-likeness (QED) is 0.774. The van der Waals surface area contributed by atoms with Crippen LogP contribution in [0.25, 0.3) is 0 Å². The van der Waals surface area contributed by atoms with E-state index in [2.05, 4.69) is 4.98 Å². The molecule has 0 aliphatic rings. The standard InChI is InChI=1S/C7H8F2N2O3S/c1-3-2-4(12)5(6(8)9)7(11-3)15(10,13)14/h2,6H,1H3,(H,11,12)(H2,10,13,14). The molecule has 0 saturated carbocycles. The predicted octanol–water partition coefficient (Wildman–Crippen LogP) is 0.268. The van der Waals surface area contributed by atoms with Crippen molar-refractivity contribution >= 4 is 10.0 Å². The fourth-order valence-corrected chi connectivity index (χ4v) is 1.90. The van der Waals surface area contributed by atoms with Gasteiger partial charge in [-0.3, -0.25) is 4.79 Å². The third-order valence-corrected chi connectivity index (χ3v) is 2.56. The topological polar surface area (TPSA) is 93.0 Å². The van der Waals surface area contributed by atoms with Crippen LogP contribution in [0, 0.1) is 6.92 Å². The molecule has 5 nitrogen and oxygen atoms in total. The van der Waals surface area contributed by atoms with Gasteiger partial charge in [-0.1, -0.05) is 0 Å². The monoisotopic (exact) mass is 238 g/mol.